The van der Waals surface area contributed by atoms with Crippen LogP contribution in [-0.2, 0) is 16.1 Å². The van der Waals surface area contributed by atoms with Gasteiger partial charge < -0.3 is 10.1 Å². The van der Waals surface area contributed by atoms with E-state index in [1.54, 1.807) is 13.8 Å². The second kappa shape index (κ2) is 9.43. The number of anilines is 2. The van der Waals surface area contributed by atoms with Crippen molar-refractivity contribution in [3.63, 3.8) is 0 Å². The SMILES string of the molecule is CCC(=O)Nc1nc(C)nc(NC(C)COCc2ccccc2Br)n1. The van der Waals surface area contributed by atoms with Crippen molar-refractivity contribution in [1.82, 2.24) is 15.0 Å². The maximum absolute atomic E-state index is 11.5. The molecule has 0 aliphatic rings. The topological polar surface area (TPSA) is 89.0 Å². The zero-order valence-electron chi connectivity index (χ0n) is 14.5. The number of benzene rings is 1. The lowest BCUT2D eigenvalue weighted by atomic mass is 10.2. The number of nitrogens with one attached hydrogen (secondary N) is 2. The molecule has 0 aliphatic heterocycles. The Balaban J connectivity index is 1.88. The lowest BCUT2D eigenvalue weighted by Gasteiger charge is -2.15. The predicted molar refractivity (Wildman–Crippen MR) is 100 cm³/mol. The third kappa shape index (κ3) is 6.39. The van der Waals surface area contributed by atoms with Crippen molar-refractivity contribution in [2.24, 2.45) is 0 Å². The number of rotatable bonds is 8. The van der Waals surface area contributed by atoms with E-state index in [0.717, 1.165) is 10.0 Å². The summed E-state index contributed by atoms with van der Waals surface area (Å²) in [6.45, 7) is 6.50. The molecular formula is C17H22BrN5O2. The van der Waals surface area contributed by atoms with E-state index in [9.17, 15) is 4.79 Å². The number of carbonyl (C=O) groups is 1. The molecule has 1 amide bonds. The van der Waals surface area contributed by atoms with Gasteiger partial charge in [0, 0.05) is 16.9 Å². The highest BCUT2D eigenvalue weighted by Gasteiger charge is 2.10. The number of ether oxygens (including phenoxy) is 1. The van der Waals surface area contributed by atoms with E-state index in [2.05, 4.69) is 41.5 Å². The molecule has 0 radical (unpaired) electrons. The van der Waals surface area contributed by atoms with Gasteiger partial charge in [0.25, 0.3) is 0 Å². The number of nitrogens with zero attached hydrogens (tertiary/aromatic N) is 3. The summed E-state index contributed by atoms with van der Waals surface area (Å²) in [5.74, 6) is 1.06. The van der Waals surface area contributed by atoms with Crippen molar-refractivity contribution in [2.75, 3.05) is 17.2 Å². The normalized spacial score (nSPS) is 11.8. The van der Waals surface area contributed by atoms with Crippen LogP contribution in [0.15, 0.2) is 28.7 Å². The molecule has 2 rings (SSSR count). The number of halogens is 1. The van der Waals surface area contributed by atoms with Crippen LogP contribution in [0.25, 0.3) is 0 Å². The van der Waals surface area contributed by atoms with Crippen LogP contribution in [0.5, 0.6) is 0 Å². The number of hydrogen-bond donors (Lipinski definition) is 2. The van der Waals surface area contributed by atoms with Crippen LogP contribution in [0.2, 0.25) is 0 Å². The average Bonchev–Trinajstić information content (AvgIpc) is 2.56. The first-order valence-corrected chi connectivity index (χ1v) is 8.87. The van der Waals surface area contributed by atoms with E-state index in [4.69, 9.17) is 4.74 Å². The second-order valence-electron chi connectivity index (χ2n) is 5.58. The minimum Gasteiger partial charge on any atom is -0.375 e. The molecule has 2 aromatic rings. The fourth-order valence-corrected chi connectivity index (χ4v) is 2.44. The summed E-state index contributed by atoms with van der Waals surface area (Å²) in [4.78, 5) is 24.0. The average molecular weight is 408 g/mol. The Labute approximate surface area is 155 Å². The molecule has 1 heterocycles. The molecule has 0 bridgehead atoms. The molecule has 0 saturated carbocycles. The maximum atomic E-state index is 11.5. The molecule has 1 aromatic carbocycles. The van der Waals surface area contributed by atoms with Crippen molar-refractivity contribution in [3.8, 4) is 0 Å². The summed E-state index contributed by atoms with van der Waals surface area (Å²) in [5.41, 5.74) is 1.09. The van der Waals surface area contributed by atoms with Gasteiger partial charge in [-0.1, -0.05) is 41.1 Å². The van der Waals surface area contributed by atoms with Crippen molar-refractivity contribution < 1.29 is 9.53 Å². The van der Waals surface area contributed by atoms with Crippen LogP contribution in [0.1, 0.15) is 31.7 Å². The lowest BCUT2D eigenvalue weighted by molar-refractivity contribution is -0.115. The zero-order valence-corrected chi connectivity index (χ0v) is 16.1. The summed E-state index contributed by atoms with van der Waals surface area (Å²) < 4.78 is 6.77. The standard InChI is InChI=1S/C17H22BrN5O2/c1-4-15(24)22-17-21-12(3)20-16(23-17)19-11(2)9-25-10-13-7-5-6-8-14(13)18/h5-8,11H,4,9-10H2,1-3H3,(H2,19,20,21,22,23,24). The Hall–Kier alpha value is -2.06. The molecule has 25 heavy (non-hydrogen) atoms. The first kappa shape index (κ1) is 19.3. The number of amides is 1. The molecule has 1 atom stereocenters. The van der Waals surface area contributed by atoms with Crippen LogP contribution in [0.3, 0.4) is 0 Å². The third-order valence-corrected chi connectivity index (χ3v) is 4.05. The van der Waals surface area contributed by atoms with Crippen molar-refractivity contribution in [3.05, 3.63) is 40.1 Å². The first-order chi connectivity index (χ1) is 12.0. The fraction of sp³-hybridized carbons (Fsp3) is 0.412. The molecule has 7 nitrogen and oxygen atoms in total. The van der Waals surface area contributed by atoms with E-state index in [-0.39, 0.29) is 17.9 Å². The van der Waals surface area contributed by atoms with Gasteiger partial charge in [0.1, 0.15) is 5.82 Å². The Bertz CT molecular complexity index is 726. The van der Waals surface area contributed by atoms with Gasteiger partial charge in [-0.05, 0) is 25.5 Å². The van der Waals surface area contributed by atoms with E-state index < -0.39 is 0 Å². The number of hydrogen-bond acceptors (Lipinski definition) is 6. The van der Waals surface area contributed by atoms with Gasteiger partial charge in [-0.25, -0.2) is 0 Å². The molecule has 0 saturated heterocycles. The Morgan fingerprint density at radius 3 is 2.68 bits per heavy atom. The fourth-order valence-electron chi connectivity index (χ4n) is 2.04. The van der Waals surface area contributed by atoms with Crippen LogP contribution in [0.4, 0.5) is 11.9 Å². The summed E-state index contributed by atoms with van der Waals surface area (Å²) >= 11 is 3.50. The Morgan fingerprint density at radius 2 is 1.96 bits per heavy atom. The summed E-state index contributed by atoms with van der Waals surface area (Å²) in [7, 11) is 0. The largest absolute Gasteiger partial charge is 0.375 e. The highest BCUT2D eigenvalue weighted by molar-refractivity contribution is 9.10. The van der Waals surface area contributed by atoms with Crippen LogP contribution in [-0.4, -0.2) is 33.5 Å². The van der Waals surface area contributed by atoms with Gasteiger partial charge in [-0.3, -0.25) is 10.1 Å². The monoisotopic (exact) mass is 407 g/mol. The number of aromatic nitrogens is 3. The van der Waals surface area contributed by atoms with Gasteiger partial charge in [-0.15, -0.1) is 0 Å². The van der Waals surface area contributed by atoms with Crippen molar-refractivity contribution in [1.29, 1.82) is 0 Å². The van der Waals surface area contributed by atoms with E-state index in [1.807, 2.05) is 31.2 Å². The van der Waals surface area contributed by atoms with Gasteiger partial charge >= 0.3 is 0 Å². The first-order valence-electron chi connectivity index (χ1n) is 8.08. The molecule has 8 heteroatoms. The van der Waals surface area contributed by atoms with Gasteiger partial charge in [-0.2, -0.15) is 15.0 Å². The number of carbonyl (C=O) groups excluding carboxylic acids is 1. The molecule has 0 aliphatic carbocycles. The molecule has 0 fully saturated rings. The molecular weight excluding hydrogens is 386 g/mol. The highest BCUT2D eigenvalue weighted by Crippen LogP contribution is 2.16. The zero-order chi connectivity index (χ0) is 18.2. The smallest absolute Gasteiger partial charge is 0.234 e. The van der Waals surface area contributed by atoms with Crippen molar-refractivity contribution >= 4 is 33.7 Å². The molecule has 1 unspecified atom stereocenters. The minimum absolute atomic E-state index is 0.000913. The highest BCUT2D eigenvalue weighted by atomic mass is 79.9. The molecule has 0 spiro atoms. The third-order valence-electron chi connectivity index (χ3n) is 3.28. The van der Waals surface area contributed by atoms with Crippen LogP contribution < -0.4 is 10.6 Å². The maximum Gasteiger partial charge on any atom is 0.234 e. The van der Waals surface area contributed by atoms with E-state index in [1.165, 1.54) is 0 Å². The Kier molecular flexibility index (Phi) is 7.27. The summed E-state index contributed by atoms with van der Waals surface area (Å²) in [6, 6.07) is 7.94. The number of aryl methyl sites for hydroxylation is 1. The van der Waals surface area contributed by atoms with Gasteiger partial charge in [0.05, 0.1) is 13.2 Å². The lowest BCUT2D eigenvalue weighted by Crippen LogP contribution is -2.24. The summed E-state index contributed by atoms with van der Waals surface area (Å²) in [6.07, 6.45) is 0.368. The van der Waals surface area contributed by atoms with E-state index in [0.29, 0.717) is 31.4 Å². The predicted octanol–water partition coefficient (Wildman–Crippen LogP) is 3.31. The Morgan fingerprint density at radius 1 is 1.24 bits per heavy atom. The second-order valence-corrected chi connectivity index (χ2v) is 6.44. The van der Waals surface area contributed by atoms with Gasteiger partial charge in [0.2, 0.25) is 17.8 Å². The quantitative estimate of drug-likeness (QED) is 0.697. The van der Waals surface area contributed by atoms with Crippen LogP contribution >= 0.6 is 15.9 Å². The van der Waals surface area contributed by atoms with Crippen LogP contribution in [0, 0.1) is 6.92 Å². The van der Waals surface area contributed by atoms with Crippen molar-refractivity contribution in [2.45, 2.75) is 39.8 Å². The van der Waals surface area contributed by atoms with Gasteiger partial charge in [0.15, 0.2) is 0 Å². The summed E-state index contributed by atoms with van der Waals surface area (Å²) in [5, 5.41) is 5.80. The molecule has 134 valence electrons. The molecule has 1 aromatic heterocycles. The molecule has 2 N–H and O–H groups in total. The van der Waals surface area contributed by atoms with E-state index >= 15 is 0 Å². The minimum atomic E-state index is -0.138.